The van der Waals surface area contributed by atoms with Crippen LogP contribution in [0.15, 0.2) is 53.3 Å². The second kappa shape index (κ2) is 4.03. The van der Waals surface area contributed by atoms with Crippen molar-refractivity contribution >= 4 is 28.0 Å². The summed E-state index contributed by atoms with van der Waals surface area (Å²) in [7, 11) is 0. The van der Waals surface area contributed by atoms with Crippen LogP contribution in [-0.2, 0) is 0 Å². The molecule has 0 unspecified atom stereocenters. The molecule has 0 amide bonds. The quantitative estimate of drug-likeness (QED) is 0.570. The van der Waals surface area contributed by atoms with Crippen LogP contribution in [0.2, 0.25) is 0 Å². The largest absolute Gasteiger partial charge is 0.449 e. The van der Waals surface area contributed by atoms with E-state index in [2.05, 4.69) is 15.0 Å². The van der Waals surface area contributed by atoms with Gasteiger partial charge in [0, 0.05) is 11.8 Å². The molecule has 4 aromatic rings. The fourth-order valence-electron chi connectivity index (χ4n) is 2.26. The molecule has 0 bridgehead atoms. The number of benzene rings is 1. The average Bonchev–Trinajstić information content (AvgIpc) is 2.87. The first-order chi connectivity index (χ1) is 9.83. The molecule has 3 heterocycles. The van der Waals surface area contributed by atoms with Gasteiger partial charge in [0.25, 0.3) is 0 Å². The number of nitrogens with two attached hydrogens (primary N) is 1. The van der Waals surface area contributed by atoms with Gasteiger partial charge in [-0.05, 0) is 11.6 Å². The lowest BCUT2D eigenvalue weighted by atomic mass is 10.1. The van der Waals surface area contributed by atoms with Gasteiger partial charge in [-0.15, -0.1) is 0 Å². The monoisotopic (exact) mass is 262 g/mol. The Kier molecular flexibility index (Phi) is 2.20. The van der Waals surface area contributed by atoms with Crippen molar-refractivity contribution in [3.05, 3.63) is 48.9 Å². The maximum atomic E-state index is 5.80. The summed E-state index contributed by atoms with van der Waals surface area (Å²) >= 11 is 0. The van der Waals surface area contributed by atoms with Gasteiger partial charge in [-0.2, -0.15) is 0 Å². The van der Waals surface area contributed by atoms with E-state index in [4.69, 9.17) is 10.2 Å². The Bertz CT molecular complexity index is 915. The molecule has 0 radical (unpaired) electrons. The van der Waals surface area contributed by atoms with Gasteiger partial charge in [0.15, 0.2) is 17.0 Å². The third-order valence-corrected chi connectivity index (χ3v) is 3.23. The smallest absolute Gasteiger partial charge is 0.197 e. The molecule has 0 saturated carbocycles. The molecule has 0 fully saturated rings. The highest BCUT2D eigenvalue weighted by Gasteiger charge is 2.13. The maximum absolute atomic E-state index is 5.80. The van der Waals surface area contributed by atoms with Gasteiger partial charge in [0.05, 0.1) is 0 Å². The molecular weight excluding hydrogens is 252 g/mol. The third kappa shape index (κ3) is 1.53. The van der Waals surface area contributed by atoms with Crippen molar-refractivity contribution in [2.45, 2.75) is 0 Å². The molecule has 0 spiro atoms. The van der Waals surface area contributed by atoms with Crippen molar-refractivity contribution in [3.8, 4) is 11.1 Å². The van der Waals surface area contributed by atoms with Crippen LogP contribution in [0.1, 0.15) is 0 Å². The van der Waals surface area contributed by atoms with Crippen LogP contribution in [-0.4, -0.2) is 15.0 Å². The molecule has 0 aliphatic rings. The van der Waals surface area contributed by atoms with Crippen molar-refractivity contribution < 1.29 is 4.42 Å². The fraction of sp³-hybridized carbons (Fsp3) is 0. The fourth-order valence-corrected chi connectivity index (χ4v) is 2.26. The van der Waals surface area contributed by atoms with Crippen molar-refractivity contribution in [3.63, 3.8) is 0 Å². The molecule has 2 N–H and O–H groups in total. The number of rotatable bonds is 1. The molecule has 0 aliphatic heterocycles. The summed E-state index contributed by atoms with van der Waals surface area (Å²) in [6.45, 7) is 0. The minimum absolute atomic E-state index is 0.328. The number of fused-ring (bicyclic) bond motifs is 3. The third-order valence-electron chi connectivity index (χ3n) is 3.23. The zero-order valence-corrected chi connectivity index (χ0v) is 10.4. The minimum atomic E-state index is 0.328. The van der Waals surface area contributed by atoms with Gasteiger partial charge in [0.2, 0.25) is 0 Å². The van der Waals surface area contributed by atoms with E-state index in [1.165, 1.54) is 6.33 Å². The van der Waals surface area contributed by atoms with Crippen LogP contribution in [0.3, 0.4) is 0 Å². The zero-order chi connectivity index (χ0) is 13.5. The Morgan fingerprint density at radius 3 is 2.60 bits per heavy atom. The van der Waals surface area contributed by atoms with E-state index < -0.39 is 0 Å². The van der Waals surface area contributed by atoms with Gasteiger partial charge in [-0.25, -0.2) is 15.0 Å². The SMILES string of the molecule is Nc1ncnc2c1oc1cc(-c3ccccc3)cnc12. The van der Waals surface area contributed by atoms with Gasteiger partial charge < -0.3 is 10.2 Å². The molecule has 20 heavy (non-hydrogen) atoms. The number of nitrogens with zero attached hydrogens (tertiary/aromatic N) is 3. The maximum Gasteiger partial charge on any atom is 0.197 e. The molecule has 0 saturated heterocycles. The van der Waals surface area contributed by atoms with Crippen molar-refractivity contribution in [2.24, 2.45) is 0 Å². The second-order valence-corrected chi connectivity index (χ2v) is 4.48. The van der Waals surface area contributed by atoms with Gasteiger partial charge in [0.1, 0.15) is 17.4 Å². The first-order valence-electron chi connectivity index (χ1n) is 6.17. The highest BCUT2D eigenvalue weighted by Crippen LogP contribution is 2.30. The van der Waals surface area contributed by atoms with Gasteiger partial charge in [-0.1, -0.05) is 30.3 Å². The van der Waals surface area contributed by atoms with E-state index in [1.54, 1.807) is 0 Å². The van der Waals surface area contributed by atoms with Crippen LogP contribution in [0.5, 0.6) is 0 Å². The van der Waals surface area contributed by atoms with Crippen molar-refractivity contribution in [1.82, 2.24) is 15.0 Å². The minimum Gasteiger partial charge on any atom is -0.449 e. The molecule has 5 nitrogen and oxygen atoms in total. The normalized spacial score (nSPS) is 11.2. The van der Waals surface area contributed by atoms with Gasteiger partial charge >= 0.3 is 0 Å². The topological polar surface area (TPSA) is 77.8 Å². The summed E-state index contributed by atoms with van der Waals surface area (Å²) in [5, 5.41) is 0. The van der Waals surface area contributed by atoms with E-state index >= 15 is 0 Å². The molecule has 0 atom stereocenters. The lowest BCUT2D eigenvalue weighted by Gasteiger charge is -1.99. The standard InChI is InChI=1S/C15H10N4O/c16-15-14-13(18-8-19-15)12-11(20-14)6-10(7-17-12)9-4-2-1-3-5-9/h1-8H,(H2,16,18,19). The lowest BCUT2D eigenvalue weighted by Crippen LogP contribution is -1.90. The predicted octanol–water partition coefficient (Wildman–Crippen LogP) is 3.02. The van der Waals surface area contributed by atoms with Crippen LogP contribution in [0.25, 0.3) is 33.3 Å². The first kappa shape index (κ1) is 10.9. The summed E-state index contributed by atoms with van der Waals surface area (Å²) in [5.41, 5.74) is 10.4. The molecular formula is C15H10N4O. The highest BCUT2D eigenvalue weighted by molar-refractivity contribution is 6.03. The first-order valence-corrected chi connectivity index (χ1v) is 6.17. The molecule has 4 rings (SSSR count). The number of hydrogen-bond donors (Lipinski definition) is 1. The van der Waals surface area contributed by atoms with E-state index in [0.717, 1.165) is 11.1 Å². The van der Waals surface area contributed by atoms with Crippen molar-refractivity contribution in [1.29, 1.82) is 0 Å². The number of furan rings is 1. The van der Waals surface area contributed by atoms with Crippen LogP contribution in [0.4, 0.5) is 5.82 Å². The number of nitrogen functional groups attached to an aromatic ring is 1. The molecule has 5 heteroatoms. The Labute approximate surface area is 114 Å². The summed E-state index contributed by atoms with van der Waals surface area (Å²) in [4.78, 5) is 12.6. The summed E-state index contributed by atoms with van der Waals surface area (Å²) < 4.78 is 5.73. The van der Waals surface area contributed by atoms with E-state index in [9.17, 15) is 0 Å². The van der Waals surface area contributed by atoms with E-state index in [1.807, 2.05) is 42.6 Å². The molecule has 96 valence electrons. The highest BCUT2D eigenvalue weighted by atomic mass is 16.3. The number of hydrogen-bond acceptors (Lipinski definition) is 5. The van der Waals surface area contributed by atoms with Crippen LogP contribution < -0.4 is 5.73 Å². The van der Waals surface area contributed by atoms with Crippen LogP contribution in [0, 0.1) is 0 Å². The Balaban J connectivity index is 2.01. The van der Waals surface area contributed by atoms with Crippen LogP contribution >= 0.6 is 0 Å². The molecule has 1 aromatic carbocycles. The zero-order valence-electron chi connectivity index (χ0n) is 10.4. The Morgan fingerprint density at radius 2 is 1.75 bits per heavy atom. The average molecular weight is 262 g/mol. The van der Waals surface area contributed by atoms with Gasteiger partial charge in [-0.3, -0.25) is 0 Å². The number of aromatic nitrogens is 3. The Hall–Kier alpha value is -2.95. The lowest BCUT2D eigenvalue weighted by molar-refractivity contribution is 0.667. The van der Waals surface area contributed by atoms with E-state index in [0.29, 0.717) is 28.0 Å². The summed E-state index contributed by atoms with van der Waals surface area (Å²) in [5.74, 6) is 0.328. The molecule has 0 aliphatic carbocycles. The molecule has 3 aromatic heterocycles. The summed E-state index contributed by atoms with van der Waals surface area (Å²) in [6.07, 6.45) is 3.23. The number of pyridine rings is 1. The second-order valence-electron chi connectivity index (χ2n) is 4.48. The summed E-state index contributed by atoms with van der Waals surface area (Å²) in [6, 6.07) is 12.0. The van der Waals surface area contributed by atoms with E-state index in [-0.39, 0.29) is 0 Å². The predicted molar refractivity (Wildman–Crippen MR) is 77.0 cm³/mol. The van der Waals surface area contributed by atoms with Crippen molar-refractivity contribution in [2.75, 3.05) is 5.73 Å². The number of anilines is 1. The Morgan fingerprint density at radius 1 is 0.900 bits per heavy atom.